The molecule has 0 aromatic heterocycles. The van der Waals surface area contributed by atoms with Gasteiger partial charge in [-0.25, -0.2) is 0 Å². The first kappa shape index (κ1) is 12.2. The van der Waals surface area contributed by atoms with Gasteiger partial charge in [0.15, 0.2) is 0 Å². The second-order valence-electron chi connectivity index (χ2n) is 5.18. The van der Waals surface area contributed by atoms with Gasteiger partial charge in [0, 0.05) is 12.1 Å². The summed E-state index contributed by atoms with van der Waals surface area (Å²) in [4.78, 5) is 2.24. The first-order chi connectivity index (χ1) is 8.04. The smallest absolute Gasteiger partial charge is 0.142 e. The first-order valence-corrected chi connectivity index (χ1v) is 6.22. The molecular formula is C14H21NO2. The largest absolute Gasteiger partial charge is 0.492 e. The minimum atomic E-state index is -0.250. The summed E-state index contributed by atoms with van der Waals surface area (Å²) in [5.74, 6) is 0.900. The molecule has 1 aromatic rings. The molecule has 1 saturated heterocycles. The number of hydrogen-bond acceptors (Lipinski definition) is 3. The molecule has 0 radical (unpaired) electrons. The van der Waals surface area contributed by atoms with Crippen molar-refractivity contribution in [1.82, 2.24) is 0 Å². The molecule has 3 heteroatoms. The van der Waals surface area contributed by atoms with E-state index in [0.29, 0.717) is 13.2 Å². The van der Waals surface area contributed by atoms with Gasteiger partial charge in [-0.05, 0) is 39.3 Å². The highest BCUT2D eigenvalue weighted by Crippen LogP contribution is 2.38. The van der Waals surface area contributed by atoms with E-state index in [2.05, 4.69) is 24.8 Å². The fourth-order valence-corrected chi connectivity index (χ4v) is 2.59. The number of aliphatic hydroxyl groups is 1. The van der Waals surface area contributed by atoms with Crippen molar-refractivity contribution in [2.24, 2.45) is 0 Å². The van der Waals surface area contributed by atoms with Crippen LogP contribution in [0.25, 0.3) is 0 Å². The van der Waals surface area contributed by atoms with Crippen molar-refractivity contribution < 1.29 is 9.84 Å². The van der Waals surface area contributed by atoms with E-state index in [1.54, 1.807) is 0 Å². The van der Waals surface area contributed by atoms with E-state index in [9.17, 15) is 5.11 Å². The zero-order chi connectivity index (χ0) is 12.5. The molecular weight excluding hydrogens is 214 g/mol. The van der Waals surface area contributed by atoms with E-state index in [-0.39, 0.29) is 11.6 Å². The molecule has 0 aliphatic carbocycles. The average molecular weight is 235 g/mol. The Kier molecular flexibility index (Phi) is 3.29. The SMILES string of the molecule is CCOc1ccccc1N1CC(O)CC1(C)C. The van der Waals surface area contributed by atoms with Gasteiger partial charge in [0.05, 0.1) is 18.4 Å². The number of aliphatic hydroxyl groups excluding tert-OH is 1. The monoisotopic (exact) mass is 235 g/mol. The summed E-state index contributed by atoms with van der Waals surface area (Å²) in [5.41, 5.74) is 1.06. The van der Waals surface area contributed by atoms with E-state index in [1.807, 2.05) is 25.1 Å². The van der Waals surface area contributed by atoms with E-state index in [1.165, 1.54) is 0 Å². The maximum absolute atomic E-state index is 9.83. The van der Waals surface area contributed by atoms with Gasteiger partial charge < -0.3 is 14.7 Å². The lowest BCUT2D eigenvalue weighted by atomic mass is 10.0. The van der Waals surface area contributed by atoms with E-state index in [4.69, 9.17) is 4.74 Å². The van der Waals surface area contributed by atoms with Gasteiger partial charge in [-0.15, -0.1) is 0 Å². The van der Waals surface area contributed by atoms with Gasteiger partial charge in [0.2, 0.25) is 0 Å². The fraction of sp³-hybridized carbons (Fsp3) is 0.571. The molecule has 1 aromatic carbocycles. The molecule has 0 amide bonds. The van der Waals surface area contributed by atoms with Gasteiger partial charge in [-0.3, -0.25) is 0 Å². The Morgan fingerprint density at radius 2 is 2.12 bits per heavy atom. The molecule has 0 bridgehead atoms. The van der Waals surface area contributed by atoms with Crippen LogP contribution in [0, 0.1) is 0 Å². The Morgan fingerprint density at radius 3 is 2.71 bits per heavy atom. The Morgan fingerprint density at radius 1 is 1.41 bits per heavy atom. The third kappa shape index (κ3) is 2.39. The summed E-state index contributed by atoms with van der Waals surface area (Å²) in [5, 5.41) is 9.83. The van der Waals surface area contributed by atoms with Crippen LogP contribution in [-0.2, 0) is 0 Å². The average Bonchev–Trinajstić information content (AvgIpc) is 2.53. The predicted octanol–water partition coefficient (Wildman–Crippen LogP) is 2.43. The summed E-state index contributed by atoms with van der Waals surface area (Å²) in [6, 6.07) is 8.04. The molecule has 94 valence electrons. The maximum Gasteiger partial charge on any atom is 0.142 e. The number of hydrogen-bond donors (Lipinski definition) is 1. The quantitative estimate of drug-likeness (QED) is 0.873. The summed E-state index contributed by atoms with van der Waals surface area (Å²) < 4.78 is 5.65. The number of nitrogens with zero attached hydrogens (tertiary/aromatic N) is 1. The summed E-state index contributed by atoms with van der Waals surface area (Å²) in [7, 11) is 0. The van der Waals surface area contributed by atoms with Gasteiger partial charge >= 0.3 is 0 Å². The molecule has 1 aliphatic heterocycles. The van der Waals surface area contributed by atoms with Crippen LogP contribution in [0.15, 0.2) is 24.3 Å². The van der Waals surface area contributed by atoms with Crippen LogP contribution in [0.5, 0.6) is 5.75 Å². The van der Waals surface area contributed by atoms with Gasteiger partial charge in [-0.2, -0.15) is 0 Å². The van der Waals surface area contributed by atoms with Crippen molar-refractivity contribution in [1.29, 1.82) is 0 Å². The van der Waals surface area contributed by atoms with Gasteiger partial charge in [0.1, 0.15) is 5.75 Å². The number of anilines is 1. The predicted molar refractivity (Wildman–Crippen MR) is 69.7 cm³/mol. The zero-order valence-corrected chi connectivity index (χ0v) is 10.8. The molecule has 1 fully saturated rings. The third-order valence-corrected chi connectivity index (χ3v) is 3.32. The summed E-state index contributed by atoms with van der Waals surface area (Å²) in [6.45, 7) is 7.64. The molecule has 0 spiro atoms. The molecule has 3 nitrogen and oxygen atoms in total. The number of β-amino-alcohol motifs (C(OH)–C–C–N with tert-alkyl or cyclic N) is 1. The molecule has 1 N–H and O–H groups in total. The van der Waals surface area contributed by atoms with Crippen LogP contribution in [0.1, 0.15) is 27.2 Å². The van der Waals surface area contributed by atoms with Crippen LogP contribution < -0.4 is 9.64 Å². The lowest BCUT2D eigenvalue weighted by Crippen LogP contribution is -2.38. The van der Waals surface area contributed by atoms with E-state index in [0.717, 1.165) is 17.9 Å². The minimum Gasteiger partial charge on any atom is -0.492 e. The summed E-state index contributed by atoms with van der Waals surface area (Å²) in [6.07, 6.45) is 0.549. The van der Waals surface area contributed by atoms with Crippen LogP contribution in [0.4, 0.5) is 5.69 Å². The summed E-state index contributed by atoms with van der Waals surface area (Å²) >= 11 is 0. The fourth-order valence-electron chi connectivity index (χ4n) is 2.59. The Bertz CT molecular complexity index is 390. The normalized spacial score (nSPS) is 22.8. The molecule has 2 rings (SSSR count). The van der Waals surface area contributed by atoms with E-state index < -0.39 is 0 Å². The molecule has 1 aliphatic rings. The lowest BCUT2D eigenvalue weighted by molar-refractivity contribution is 0.188. The first-order valence-electron chi connectivity index (χ1n) is 6.22. The van der Waals surface area contributed by atoms with Crippen molar-refractivity contribution in [2.75, 3.05) is 18.1 Å². The third-order valence-electron chi connectivity index (χ3n) is 3.32. The van der Waals surface area contributed by atoms with Gasteiger partial charge in [-0.1, -0.05) is 12.1 Å². The van der Waals surface area contributed by atoms with Crippen molar-refractivity contribution >= 4 is 5.69 Å². The number of para-hydroxylation sites is 2. The van der Waals surface area contributed by atoms with Gasteiger partial charge in [0.25, 0.3) is 0 Å². The maximum atomic E-state index is 9.83. The molecule has 1 unspecified atom stereocenters. The van der Waals surface area contributed by atoms with Crippen molar-refractivity contribution in [2.45, 2.75) is 38.8 Å². The Balaban J connectivity index is 2.33. The standard InChI is InChI=1S/C14H21NO2/c1-4-17-13-8-6-5-7-12(13)15-10-11(16)9-14(15,2)3/h5-8,11,16H,4,9-10H2,1-3H3. The molecule has 1 atom stereocenters. The van der Waals surface area contributed by atoms with Crippen LogP contribution >= 0.6 is 0 Å². The lowest BCUT2D eigenvalue weighted by Gasteiger charge is -2.34. The van der Waals surface area contributed by atoms with E-state index >= 15 is 0 Å². The topological polar surface area (TPSA) is 32.7 Å². The second kappa shape index (κ2) is 4.57. The molecule has 0 saturated carbocycles. The van der Waals surface area contributed by atoms with Crippen molar-refractivity contribution in [3.05, 3.63) is 24.3 Å². The van der Waals surface area contributed by atoms with Crippen molar-refractivity contribution in [3.63, 3.8) is 0 Å². The number of ether oxygens (including phenoxy) is 1. The highest BCUT2D eigenvalue weighted by molar-refractivity contribution is 5.61. The van der Waals surface area contributed by atoms with Crippen LogP contribution in [0.3, 0.4) is 0 Å². The van der Waals surface area contributed by atoms with Crippen LogP contribution in [0.2, 0.25) is 0 Å². The molecule has 17 heavy (non-hydrogen) atoms. The highest BCUT2D eigenvalue weighted by Gasteiger charge is 2.38. The Labute approximate surface area is 103 Å². The minimum absolute atomic E-state index is 0.0212. The zero-order valence-electron chi connectivity index (χ0n) is 10.8. The van der Waals surface area contributed by atoms with Crippen LogP contribution in [-0.4, -0.2) is 29.9 Å². The number of rotatable bonds is 3. The highest BCUT2D eigenvalue weighted by atomic mass is 16.5. The Hall–Kier alpha value is -1.22. The van der Waals surface area contributed by atoms with Crippen molar-refractivity contribution in [3.8, 4) is 5.75 Å². The molecule has 1 heterocycles. The number of benzene rings is 1. The second-order valence-corrected chi connectivity index (χ2v) is 5.18.